The van der Waals surface area contributed by atoms with Crippen LogP contribution in [0.4, 0.5) is 0 Å². The third-order valence-electron chi connectivity index (χ3n) is 7.23. The van der Waals surface area contributed by atoms with E-state index in [0.717, 1.165) is 6.07 Å². The average Bonchev–Trinajstić information content (AvgIpc) is 2.96. The molecule has 5 rings (SSSR count). The molecule has 15 nitrogen and oxygen atoms in total. The first-order valence-corrected chi connectivity index (χ1v) is 12.9. The predicted molar refractivity (Wildman–Crippen MR) is 139 cm³/mol. The average molecular weight is 595 g/mol. The summed E-state index contributed by atoms with van der Waals surface area (Å²) in [6.45, 7) is 0.660. The van der Waals surface area contributed by atoms with Crippen molar-refractivity contribution < 1.29 is 69.3 Å². The minimum atomic E-state index is -1.79. The number of phenols is 2. The van der Waals surface area contributed by atoms with Crippen LogP contribution in [0.25, 0.3) is 22.3 Å². The summed E-state index contributed by atoms with van der Waals surface area (Å²) in [6, 6.07) is 7.54. The van der Waals surface area contributed by atoms with Gasteiger partial charge in [0.05, 0.1) is 12.7 Å². The van der Waals surface area contributed by atoms with Gasteiger partial charge < -0.3 is 69.3 Å². The number of benzene rings is 2. The number of aromatic hydroxyl groups is 3. The van der Waals surface area contributed by atoms with Crippen LogP contribution in [-0.4, -0.2) is 114 Å². The lowest BCUT2D eigenvalue weighted by Gasteiger charge is -2.45. The van der Waals surface area contributed by atoms with Gasteiger partial charge in [-0.15, -0.1) is 0 Å². The van der Waals surface area contributed by atoms with Gasteiger partial charge in [0, 0.05) is 17.7 Å². The van der Waals surface area contributed by atoms with E-state index in [4.69, 9.17) is 23.4 Å². The lowest BCUT2D eigenvalue weighted by molar-refractivity contribution is -0.354. The van der Waals surface area contributed by atoms with Crippen molar-refractivity contribution in [3.8, 4) is 34.3 Å². The molecular weight excluding hydrogens is 564 g/mol. The van der Waals surface area contributed by atoms with Crippen LogP contribution in [0.15, 0.2) is 45.6 Å². The van der Waals surface area contributed by atoms with E-state index >= 15 is 0 Å². The molecule has 3 heterocycles. The Balaban J connectivity index is 1.50. The number of rotatable bonds is 6. The molecule has 1 unspecified atom stereocenters. The van der Waals surface area contributed by atoms with Crippen molar-refractivity contribution in [2.75, 3.05) is 6.61 Å². The molecule has 15 heteroatoms. The molecule has 42 heavy (non-hydrogen) atoms. The molecule has 0 amide bonds. The minimum absolute atomic E-state index is 0.0706. The van der Waals surface area contributed by atoms with Crippen molar-refractivity contribution in [1.82, 2.24) is 0 Å². The molecule has 2 aromatic carbocycles. The summed E-state index contributed by atoms with van der Waals surface area (Å²) in [6.07, 6.45) is -15.6. The van der Waals surface area contributed by atoms with Gasteiger partial charge in [-0.3, -0.25) is 4.79 Å². The van der Waals surface area contributed by atoms with Crippen LogP contribution >= 0.6 is 0 Å². The van der Waals surface area contributed by atoms with Gasteiger partial charge in [0.2, 0.25) is 17.5 Å². The standard InChI is InChI=1S/C27H30O15/c1-9-17(31)20(34)23(37)26(38-9)42-25-21(35)18(32)15(8-28)41-27(25)39-12-6-13(30)16-14(7-12)40-24(22(36)19(16)33)10-2-4-11(29)5-3-10/h2-7,9,15,17-18,20-21,23,25-32,34-37H,8H2,1H3/t9-,15+,17-,18+,20+,21-,23+,25+,26-,27?/m0/s1. The fourth-order valence-electron chi connectivity index (χ4n) is 4.85. The zero-order valence-electron chi connectivity index (χ0n) is 21.9. The fraction of sp³-hybridized carbons (Fsp3) is 0.444. The summed E-state index contributed by atoms with van der Waals surface area (Å²) < 4.78 is 28.2. The number of fused-ring (bicyclic) bond motifs is 1. The van der Waals surface area contributed by atoms with Crippen LogP contribution in [0.2, 0.25) is 0 Å². The third kappa shape index (κ3) is 5.37. The topological polar surface area (TPSA) is 249 Å². The summed E-state index contributed by atoms with van der Waals surface area (Å²) in [4.78, 5) is 12.9. The summed E-state index contributed by atoms with van der Waals surface area (Å²) in [7, 11) is 0. The molecule has 3 aromatic rings. The summed E-state index contributed by atoms with van der Waals surface area (Å²) in [5.74, 6) is -2.00. The van der Waals surface area contributed by atoms with Crippen molar-refractivity contribution in [2.24, 2.45) is 0 Å². The second-order valence-electron chi connectivity index (χ2n) is 10.1. The SMILES string of the molecule is C[C@@H]1O[C@@H](O[C@H]2C(Oc3cc(O)c4c(=O)c(O)c(-c5ccc(O)cc5)oc4c3)O[C@H](CO)[C@@H](O)[C@@H]2O)[C@H](O)[C@H](O)[C@H]1O. The highest BCUT2D eigenvalue weighted by molar-refractivity contribution is 5.88. The molecule has 2 aliphatic rings. The predicted octanol–water partition coefficient (Wildman–Crippen LogP) is -1.39. The van der Waals surface area contributed by atoms with Crippen molar-refractivity contribution in [3.63, 3.8) is 0 Å². The number of aliphatic hydroxyl groups excluding tert-OH is 6. The van der Waals surface area contributed by atoms with E-state index < -0.39 is 84.9 Å². The highest BCUT2D eigenvalue weighted by Crippen LogP contribution is 2.37. The first-order chi connectivity index (χ1) is 19.9. The molecule has 0 aliphatic carbocycles. The Morgan fingerprint density at radius 2 is 1.52 bits per heavy atom. The number of phenolic OH excluding ortho intramolecular Hbond substituents is 2. The molecule has 2 saturated heterocycles. The monoisotopic (exact) mass is 594 g/mol. The van der Waals surface area contributed by atoms with Crippen molar-refractivity contribution >= 4 is 11.0 Å². The van der Waals surface area contributed by atoms with E-state index in [-0.39, 0.29) is 33.8 Å². The van der Waals surface area contributed by atoms with Gasteiger partial charge in [-0.05, 0) is 31.2 Å². The van der Waals surface area contributed by atoms with Gasteiger partial charge in [0.1, 0.15) is 64.8 Å². The lowest BCUT2D eigenvalue weighted by Crippen LogP contribution is -2.64. The summed E-state index contributed by atoms with van der Waals surface area (Å²) >= 11 is 0. The van der Waals surface area contributed by atoms with Crippen molar-refractivity contribution in [1.29, 1.82) is 0 Å². The van der Waals surface area contributed by atoms with Crippen LogP contribution in [0.1, 0.15) is 6.92 Å². The van der Waals surface area contributed by atoms with Gasteiger partial charge >= 0.3 is 0 Å². The van der Waals surface area contributed by atoms with Gasteiger partial charge in [0.25, 0.3) is 0 Å². The number of hydrogen-bond donors (Lipinski definition) is 9. The molecule has 9 N–H and O–H groups in total. The maximum atomic E-state index is 12.9. The van der Waals surface area contributed by atoms with Crippen LogP contribution in [-0.2, 0) is 14.2 Å². The van der Waals surface area contributed by atoms with E-state index in [1.807, 2.05) is 0 Å². The molecule has 2 aliphatic heterocycles. The zero-order chi connectivity index (χ0) is 30.5. The number of ether oxygens (including phenoxy) is 4. The van der Waals surface area contributed by atoms with Gasteiger partial charge in [-0.1, -0.05) is 0 Å². The largest absolute Gasteiger partial charge is 0.508 e. The second-order valence-corrected chi connectivity index (χ2v) is 10.1. The van der Waals surface area contributed by atoms with E-state index in [9.17, 15) is 50.8 Å². The van der Waals surface area contributed by atoms with E-state index in [2.05, 4.69) is 0 Å². The minimum Gasteiger partial charge on any atom is -0.508 e. The second kappa shape index (κ2) is 11.6. The van der Waals surface area contributed by atoms with Gasteiger partial charge in [-0.2, -0.15) is 0 Å². The molecule has 10 atom stereocenters. The summed E-state index contributed by atoms with van der Waals surface area (Å²) in [5.41, 5.74) is -0.967. The fourth-order valence-corrected chi connectivity index (χ4v) is 4.85. The van der Waals surface area contributed by atoms with Crippen LogP contribution in [0, 0.1) is 0 Å². The Bertz CT molecular complexity index is 1470. The molecule has 2 fully saturated rings. The zero-order valence-corrected chi connectivity index (χ0v) is 21.9. The Hall–Kier alpha value is -3.51. The number of hydrogen-bond acceptors (Lipinski definition) is 15. The molecule has 0 saturated carbocycles. The van der Waals surface area contributed by atoms with E-state index in [0.29, 0.717) is 0 Å². The quantitative estimate of drug-likeness (QED) is 0.159. The van der Waals surface area contributed by atoms with Gasteiger partial charge in [0.15, 0.2) is 18.2 Å². The third-order valence-corrected chi connectivity index (χ3v) is 7.23. The Morgan fingerprint density at radius 3 is 2.19 bits per heavy atom. The van der Waals surface area contributed by atoms with Gasteiger partial charge in [-0.25, -0.2) is 0 Å². The number of aliphatic hydroxyl groups is 6. The summed E-state index contributed by atoms with van der Waals surface area (Å²) in [5, 5.41) is 91.7. The molecule has 228 valence electrons. The molecule has 1 aromatic heterocycles. The molecular formula is C27H30O15. The molecule has 0 bridgehead atoms. The smallest absolute Gasteiger partial charge is 0.238 e. The Morgan fingerprint density at radius 1 is 0.833 bits per heavy atom. The maximum absolute atomic E-state index is 12.9. The first-order valence-electron chi connectivity index (χ1n) is 12.9. The maximum Gasteiger partial charge on any atom is 0.238 e. The van der Waals surface area contributed by atoms with Crippen LogP contribution < -0.4 is 10.2 Å². The first kappa shape index (κ1) is 30.0. The Labute approximate surface area is 236 Å². The highest BCUT2D eigenvalue weighted by Gasteiger charge is 2.51. The Kier molecular flexibility index (Phi) is 8.30. The van der Waals surface area contributed by atoms with Crippen LogP contribution in [0.3, 0.4) is 0 Å². The molecule has 0 radical (unpaired) electrons. The van der Waals surface area contributed by atoms with E-state index in [1.54, 1.807) is 0 Å². The molecule has 0 spiro atoms. The van der Waals surface area contributed by atoms with E-state index in [1.165, 1.54) is 37.3 Å². The van der Waals surface area contributed by atoms with Crippen molar-refractivity contribution in [2.45, 2.75) is 68.3 Å². The van der Waals surface area contributed by atoms with Crippen LogP contribution in [0.5, 0.6) is 23.0 Å². The van der Waals surface area contributed by atoms with Crippen molar-refractivity contribution in [3.05, 3.63) is 46.6 Å². The highest BCUT2D eigenvalue weighted by atomic mass is 16.8. The lowest BCUT2D eigenvalue weighted by atomic mass is 9.97. The normalized spacial score (nSPS) is 33.5.